The second kappa shape index (κ2) is 9.58. The maximum atomic E-state index is 5.94. The van der Waals surface area contributed by atoms with Crippen LogP contribution >= 0.6 is 15.9 Å². The first-order valence-electron chi connectivity index (χ1n) is 7.21. The normalized spacial score (nSPS) is 11.7. The molecule has 0 fully saturated rings. The molecule has 1 aromatic carbocycles. The van der Waals surface area contributed by atoms with Gasteiger partial charge in [0.1, 0.15) is 5.75 Å². The van der Waals surface area contributed by atoms with Crippen molar-refractivity contribution in [1.82, 2.24) is 0 Å². The van der Waals surface area contributed by atoms with Gasteiger partial charge in [-0.3, -0.25) is 0 Å². The Morgan fingerprint density at radius 2 is 1.67 bits per heavy atom. The molecule has 0 saturated heterocycles. The number of benzene rings is 1. The Labute approximate surface area is 137 Å². The molecule has 0 aliphatic heterocycles. The first kappa shape index (κ1) is 18.6. The van der Waals surface area contributed by atoms with Crippen LogP contribution in [0.2, 0.25) is 0 Å². The molecule has 4 nitrogen and oxygen atoms in total. The highest BCUT2D eigenvalue weighted by molar-refractivity contribution is 9.10. The van der Waals surface area contributed by atoms with Crippen LogP contribution in [-0.4, -0.2) is 36.7 Å². The Morgan fingerprint density at radius 1 is 1.00 bits per heavy atom. The molecule has 1 rings (SSSR count). The molecule has 0 atom stereocenters. The van der Waals surface area contributed by atoms with E-state index in [-0.39, 0.29) is 0 Å². The van der Waals surface area contributed by atoms with Gasteiger partial charge in [-0.1, -0.05) is 48.2 Å². The van der Waals surface area contributed by atoms with Crippen LogP contribution in [-0.2, 0) is 13.3 Å². The lowest BCUT2D eigenvalue weighted by molar-refractivity contribution is 0.139. The van der Waals surface area contributed by atoms with Gasteiger partial charge in [-0.2, -0.15) is 0 Å². The summed E-state index contributed by atoms with van der Waals surface area (Å²) < 4.78 is 23.5. The Morgan fingerprint density at radius 3 is 2.24 bits per heavy atom. The third-order valence-electron chi connectivity index (χ3n) is 3.34. The molecule has 6 heteroatoms. The van der Waals surface area contributed by atoms with Crippen molar-refractivity contribution in [2.45, 2.75) is 32.6 Å². The van der Waals surface area contributed by atoms with Gasteiger partial charge in [0.25, 0.3) is 0 Å². The van der Waals surface area contributed by atoms with E-state index in [0.717, 1.165) is 21.8 Å². The van der Waals surface area contributed by atoms with E-state index in [1.807, 2.05) is 18.2 Å². The zero-order valence-electron chi connectivity index (χ0n) is 13.3. The van der Waals surface area contributed by atoms with Crippen molar-refractivity contribution < 1.29 is 18.0 Å². The van der Waals surface area contributed by atoms with E-state index < -0.39 is 8.80 Å². The number of halogens is 1. The van der Waals surface area contributed by atoms with E-state index in [1.54, 1.807) is 21.3 Å². The van der Waals surface area contributed by atoms with Gasteiger partial charge in [-0.25, -0.2) is 0 Å². The monoisotopic (exact) mass is 376 g/mol. The van der Waals surface area contributed by atoms with E-state index in [9.17, 15) is 0 Å². The summed E-state index contributed by atoms with van der Waals surface area (Å²) in [5.74, 6) is 0.762. The fraction of sp³-hybridized carbons (Fsp3) is 0.600. The molecule has 0 aliphatic rings. The molecule has 0 unspecified atom stereocenters. The lowest BCUT2D eigenvalue weighted by Crippen LogP contribution is -2.55. The summed E-state index contributed by atoms with van der Waals surface area (Å²) in [5, 5.41) is 0.855. The van der Waals surface area contributed by atoms with Gasteiger partial charge < -0.3 is 18.0 Å². The van der Waals surface area contributed by atoms with Gasteiger partial charge in [0, 0.05) is 25.8 Å². The quantitative estimate of drug-likeness (QED) is 0.462. The van der Waals surface area contributed by atoms with Gasteiger partial charge in [-0.05, 0) is 18.6 Å². The molecule has 0 radical (unpaired) electrons. The Hall–Kier alpha value is -0.403. The molecular formula is C15H25BrO4Si. The molecule has 0 bridgehead atoms. The number of ether oxygens (including phenoxy) is 1. The summed E-state index contributed by atoms with van der Waals surface area (Å²) in [6.45, 7) is 2.88. The van der Waals surface area contributed by atoms with Crippen molar-refractivity contribution in [2.75, 3.05) is 27.9 Å². The minimum Gasteiger partial charge on any atom is -0.493 e. The summed E-state index contributed by atoms with van der Waals surface area (Å²) >= 11 is 3.48. The first-order chi connectivity index (χ1) is 10.1. The topological polar surface area (TPSA) is 36.9 Å². The smallest absolute Gasteiger partial charge is 0.493 e. The molecule has 1 aromatic rings. The summed E-state index contributed by atoms with van der Waals surface area (Å²) in [6, 6.07) is 5.82. The van der Waals surface area contributed by atoms with Crippen molar-refractivity contribution in [3.63, 3.8) is 0 Å². The van der Waals surface area contributed by atoms with E-state index >= 15 is 0 Å². The van der Waals surface area contributed by atoms with Crippen LogP contribution in [0.15, 0.2) is 22.7 Å². The molecule has 0 amide bonds. The molecule has 120 valence electrons. The third kappa shape index (κ3) is 5.07. The molecule has 0 N–H and O–H groups in total. The predicted molar refractivity (Wildman–Crippen MR) is 90.2 cm³/mol. The van der Waals surface area contributed by atoms with Crippen molar-refractivity contribution in [3.05, 3.63) is 22.7 Å². The number of unbranched alkanes of at least 4 members (excludes halogenated alkanes) is 3. The highest BCUT2D eigenvalue weighted by Crippen LogP contribution is 2.21. The van der Waals surface area contributed by atoms with Crippen LogP contribution in [0.25, 0.3) is 0 Å². The van der Waals surface area contributed by atoms with Gasteiger partial charge in [0.05, 0.1) is 11.8 Å². The van der Waals surface area contributed by atoms with Crippen molar-refractivity contribution in [3.8, 4) is 5.75 Å². The van der Waals surface area contributed by atoms with E-state index in [4.69, 9.17) is 18.0 Å². The highest BCUT2D eigenvalue weighted by atomic mass is 79.9. The summed E-state index contributed by atoms with van der Waals surface area (Å²) in [5.41, 5.74) is 0. The van der Waals surface area contributed by atoms with Gasteiger partial charge >= 0.3 is 8.80 Å². The van der Waals surface area contributed by atoms with E-state index in [1.165, 1.54) is 19.3 Å². The maximum absolute atomic E-state index is 5.94. The van der Waals surface area contributed by atoms with Gasteiger partial charge in [-0.15, -0.1) is 0 Å². The first-order valence-corrected chi connectivity index (χ1v) is 9.73. The van der Waals surface area contributed by atoms with Gasteiger partial charge in [0.2, 0.25) is 0 Å². The fourth-order valence-corrected chi connectivity index (χ4v) is 4.39. The van der Waals surface area contributed by atoms with Crippen molar-refractivity contribution in [2.24, 2.45) is 0 Å². The van der Waals surface area contributed by atoms with Crippen LogP contribution in [0, 0.1) is 0 Å². The largest absolute Gasteiger partial charge is 0.540 e. The lowest BCUT2D eigenvalue weighted by atomic mass is 10.2. The number of hydrogen-bond acceptors (Lipinski definition) is 4. The zero-order chi connectivity index (χ0) is 15.7. The Kier molecular flexibility index (Phi) is 8.51. The zero-order valence-corrected chi connectivity index (χ0v) is 15.9. The van der Waals surface area contributed by atoms with Crippen molar-refractivity contribution in [1.29, 1.82) is 0 Å². The van der Waals surface area contributed by atoms with Crippen LogP contribution in [0.3, 0.4) is 0 Å². The number of rotatable bonds is 10. The summed E-state index contributed by atoms with van der Waals surface area (Å²) in [7, 11) is 1.93. The predicted octanol–water partition coefficient (Wildman–Crippen LogP) is 3.49. The molecule has 0 aromatic heterocycles. The maximum Gasteiger partial charge on any atom is 0.540 e. The molecular weight excluding hydrogens is 352 g/mol. The molecule has 0 aliphatic carbocycles. The van der Waals surface area contributed by atoms with Crippen LogP contribution < -0.4 is 9.92 Å². The molecule has 21 heavy (non-hydrogen) atoms. The minimum atomic E-state index is -2.88. The minimum absolute atomic E-state index is 0.686. The van der Waals surface area contributed by atoms with E-state index in [0.29, 0.717) is 6.61 Å². The Bertz CT molecular complexity index is 416. The Balaban J connectivity index is 2.89. The van der Waals surface area contributed by atoms with Gasteiger partial charge in [0.15, 0.2) is 0 Å². The SMILES string of the molecule is CCCCCCOc1cc(Br)ccc1[Si](OC)(OC)OC. The fourth-order valence-electron chi connectivity index (χ4n) is 2.16. The molecule has 0 spiro atoms. The highest BCUT2D eigenvalue weighted by Gasteiger charge is 2.43. The summed E-state index contributed by atoms with van der Waals surface area (Å²) in [6.07, 6.45) is 4.68. The third-order valence-corrected chi connectivity index (χ3v) is 6.51. The van der Waals surface area contributed by atoms with Crippen LogP contribution in [0.4, 0.5) is 0 Å². The second-order valence-electron chi connectivity index (χ2n) is 4.72. The number of hydrogen-bond donors (Lipinski definition) is 0. The average molecular weight is 377 g/mol. The summed E-state index contributed by atoms with van der Waals surface area (Å²) in [4.78, 5) is 0. The molecule has 0 saturated carbocycles. The van der Waals surface area contributed by atoms with Crippen molar-refractivity contribution >= 4 is 29.9 Å². The lowest BCUT2D eigenvalue weighted by Gasteiger charge is -2.26. The standard InChI is InChI=1S/C15H25BrO4Si/c1-5-6-7-8-11-20-14-12-13(16)9-10-15(14)21(17-2,18-3)19-4/h9-10,12H,5-8,11H2,1-4H3. The molecule has 0 heterocycles. The van der Waals surface area contributed by atoms with Crippen LogP contribution in [0.5, 0.6) is 5.75 Å². The average Bonchev–Trinajstić information content (AvgIpc) is 2.51. The van der Waals surface area contributed by atoms with Crippen LogP contribution in [0.1, 0.15) is 32.6 Å². The second-order valence-corrected chi connectivity index (χ2v) is 8.51. The van der Waals surface area contributed by atoms with E-state index in [2.05, 4.69) is 22.9 Å².